The lowest BCUT2D eigenvalue weighted by Gasteiger charge is -2.08. The summed E-state index contributed by atoms with van der Waals surface area (Å²) in [7, 11) is 0. The topological polar surface area (TPSA) is 29.1 Å². The van der Waals surface area contributed by atoms with Crippen LogP contribution in [0, 0.1) is 6.92 Å². The Bertz CT molecular complexity index is 863. The van der Waals surface area contributed by atoms with Crippen LogP contribution in [0.3, 0.4) is 0 Å². The maximum absolute atomic E-state index is 12.1. The minimum Gasteiger partial charge on any atom is -0.325 e. The summed E-state index contributed by atoms with van der Waals surface area (Å²) in [4.78, 5) is 13.4. The van der Waals surface area contributed by atoms with Gasteiger partial charge >= 0.3 is 0 Å². The van der Waals surface area contributed by atoms with Gasteiger partial charge in [0.05, 0.1) is 5.75 Å². The molecule has 0 saturated heterocycles. The van der Waals surface area contributed by atoms with Crippen molar-refractivity contribution >= 4 is 35.1 Å². The third-order valence-corrected chi connectivity index (χ3v) is 6.20. The first kappa shape index (κ1) is 19.6. The van der Waals surface area contributed by atoms with E-state index in [4.69, 9.17) is 0 Å². The molecule has 2 nitrogen and oxygen atoms in total. The summed E-state index contributed by atoms with van der Waals surface area (Å²) in [6, 6.07) is 26.8. The minimum absolute atomic E-state index is 0.0417. The Balaban J connectivity index is 1.42. The monoisotopic (exact) mass is 393 g/mol. The molecule has 3 aromatic carbocycles. The first-order valence-electron chi connectivity index (χ1n) is 8.89. The average molecular weight is 394 g/mol. The number of amides is 1. The van der Waals surface area contributed by atoms with E-state index in [1.165, 1.54) is 21.6 Å². The number of rotatable bonds is 8. The van der Waals surface area contributed by atoms with Crippen LogP contribution in [0.4, 0.5) is 5.69 Å². The number of nitrogens with one attached hydrogen (secondary N) is 1. The van der Waals surface area contributed by atoms with Gasteiger partial charge in [-0.1, -0.05) is 54.6 Å². The van der Waals surface area contributed by atoms with Crippen molar-refractivity contribution < 1.29 is 4.79 Å². The molecule has 3 rings (SSSR count). The van der Waals surface area contributed by atoms with E-state index in [0.717, 1.165) is 17.2 Å². The Hall–Kier alpha value is -2.17. The molecule has 0 aliphatic rings. The molecule has 0 fully saturated rings. The molecule has 4 heteroatoms. The first-order valence-corrected chi connectivity index (χ1v) is 11.0. The second-order valence-corrected chi connectivity index (χ2v) is 8.30. The average Bonchev–Trinajstić information content (AvgIpc) is 2.70. The van der Waals surface area contributed by atoms with Crippen molar-refractivity contribution in [1.82, 2.24) is 0 Å². The fourth-order valence-electron chi connectivity index (χ4n) is 2.59. The predicted molar refractivity (Wildman–Crippen MR) is 118 cm³/mol. The molecule has 0 atom stereocenters. The summed E-state index contributed by atoms with van der Waals surface area (Å²) in [5, 5.41) is 2.98. The third-order valence-electron chi connectivity index (χ3n) is 4.14. The lowest BCUT2D eigenvalue weighted by atomic mass is 10.1. The van der Waals surface area contributed by atoms with E-state index in [1.807, 2.05) is 42.1 Å². The second-order valence-electron chi connectivity index (χ2n) is 6.27. The van der Waals surface area contributed by atoms with Gasteiger partial charge in [0.25, 0.3) is 0 Å². The number of aryl methyl sites for hydroxylation is 1. The van der Waals surface area contributed by atoms with E-state index in [2.05, 4.69) is 60.8 Å². The molecule has 0 aliphatic heterocycles. The smallest absolute Gasteiger partial charge is 0.234 e. The zero-order valence-corrected chi connectivity index (χ0v) is 17.0. The SMILES string of the molecule is Cc1ccccc1CSCC(=O)Nc1ccc(CSc2ccccc2)cc1. The zero-order valence-electron chi connectivity index (χ0n) is 15.4. The van der Waals surface area contributed by atoms with Crippen LogP contribution in [-0.4, -0.2) is 11.7 Å². The Kier molecular flexibility index (Phi) is 7.43. The quantitative estimate of drug-likeness (QED) is 0.465. The van der Waals surface area contributed by atoms with Gasteiger partial charge in [0.1, 0.15) is 0 Å². The van der Waals surface area contributed by atoms with Gasteiger partial charge in [-0.15, -0.1) is 23.5 Å². The molecule has 0 saturated carbocycles. The van der Waals surface area contributed by atoms with Crippen molar-refractivity contribution in [3.63, 3.8) is 0 Å². The molecule has 0 spiro atoms. The number of carbonyl (C=O) groups is 1. The lowest BCUT2D eigenvalue weighted by Crippen LogP contribution is -2.14. The molecular weight excluding hydrogens is 370 g/mol. The second kappa shape index (κ2) is 10.2. The number of thioether (sulfide) groups is 2. The number of hydrogen-bond donors (Lipinski definition) is 1. The molecule has 0 unspecified atom stereocenters. The Morgan fingerprint density at radius 1 is 0.852 bits per heavy atom. The van der Waals surface area contributed by atoms with Crippen molar-refractivity contribution in [2.24, 2.45) is 0 Å². The number of anilines is 1. The molecule has 1 amide bonds. The van der Waals surface area contributed by atoms with Gasteiger partial charge in [-0.05, 0) is 47.9 Å². The highest BCUT2D eigenvalue weighted by Gasteiger charge is 2.05. The van der Waals surface area contributed by atoms with Gasteiger partial charge < -0.3 is 5.32 Å². The number of hydrogen-bond acceptors (Lipinski definition) is 3. The van der Waals surface area contributed by atoms with Crippen molar-refractivity contribution in [3.05, 3.63) is 95.6 Å². The van der Waals surface area contributed by atoms with Crippen LogP contribution < -0.4 is 5.32 Å². The van der Waals surface area contributed by atoms with Crippen LogP contribution in [0.15, 0.2) is 83.8 Å². The zero-order chi connectivity index (χ0) is 18.9. The van der Waals surface area contributed by atoms with E-state index < -0.39 is 0 Å². The van der Waals surface area contributed by atoms with E-state index in [-0.39, 0.29) is 5.91 Å². The molecule has 0 heterocycles. The summed E-state index contributed by atoms with van der Waals surface area (Å²) >= 11 is 3.45. The normalized spacial score (nSPS) is 10.6. The highest BCUT2D eigenvalue weighted by molar-refractivity contribution is 7.99. The Morgan fingerprint density at radius 3 is 2.30 bits per heavy atom. The van der Waals surface area contributed by atoms with Crippen LogP contribution in [-0.2, 0) is 16.3 Å². The highest BCUT2D eigenvalue weighted by atomic mass is 32.2. The van der Waals surface area contributed by atoms with Crippen LogP contribution in [0.25, 0.3) is 0 Å². The molecule has 27 heavy (non-hydrogen) atoms. The number of benzene rings is 3. The van der Waals surface area contributed by atoms with Gasteiger partial charge in [0.2, 0.25) is 5.91 Å². The standard InChI is InChI=1S/C23H23NOS2/c1-18-7-5-6-8-20(18)16-26-17-23(25)24-21-13-11-19(12-14-21)15-27-22-9-3-2-4-10-22/h2-14H,15-17H2,1H3,(H,24,25). The van der Waals surface area contributed by atoms with Crippen molar-refractivity contribution in [3.8, 4) is 0 Å². The molecule has 138 valence electrons. The molecule has 0 aliphatic carbocycles. The van der Waals surface area contributed by atoms with E-state index in [1.54, 1.807) is 11.8 Å². The minimum atomic E-state index is 0.0417. The summed E-state index contributed by atoms with van der Waals surface area (Å²) in [6.07, 6.45) is 0. The van der Waals surface area contributed by atoms with E-state index in [0.29, 0.717) is 5.75 Å². The van der Waals surface area contributed by atoms with Gasteiger partial charge in [0, 0.05) is 22.1 Å². The molecule has 0 bridgehead atoms. The predicted octanol–water partition coefficient (Wildman–Crippen LogP) is 6.16. The largest absolute Gasteiger partial charge is 0.325 e. The summed E-state index contributed by atoms with van der Waals surface area (Å²) < 4.78 is 0. The molecule has 0 aromatic heterocycles. The van der Waals surface area contributed by atoms with Crippen molar-refractivity contribution in [1.29, 1.82) is 0 Å². The summed E-state index contributed by atoms with van der Waals surface area (Å²) in [5.41, 5.74) is 4.66. The van der Waals surface area contributed by atoms with Gasteiger partial charge in [-0.3, -0.25) is 4.79 Å². The lowest BCUT2D eigenvalue weighted by molar-refractivity contribution is -0.113. The Labute approximate surface area is 169 Å². The van der Waals surface area contributed by atoms with E-state index in [9.17, 15) is 4.79 Å². The summed E-state index contributed by atoms with van der Waals surface area (Å²) in [6.45, 7) is 2.10. The van der Waals surface area contributed by atoms with Gasteiger partial charge in [-0.2, -0.15) is 0 Å². The highest BCUT2D eigenvalue weighted by Crippen LogP contribution is 2.23. The van der Waals surface area contributed by atoms with Gasteiger partial charge in [0.15, 0.2) is 0 Å². The fourth-order valence-corrected chi connectivity index (χ4v) is 4.37. The van der Waals surface area contributed by atoms with Crippen LogP contribution in [0.1, 0.15) is 16.7 Å². The summed E-state index contributed by atoms with van der Waals surface area (Å²) in [5.74, 6) is 2.28. The van der Waals surface area contributed by atoms with Crippen LogP contribution in [0.5, 0.6) is 0 Å². The third kappa shape index (κ3) is 6.49. The van der Waals surface area contributed by atoms with Crippen molar-refractivity contribution in [2.75, 3.05) is 11.1 Å². The first-order chi connectivity index (χ1) is 13.2. The van der Waals surface area contributed by atoms with E-state index >= 15 is 0 Å². The molecule has 3 aromatic rings. The molecule has 1 N–H and O–H groups in total. The number of carbonyl (C=O) groups excluding carboxylic acids is 1. The molecular formula is C23H23NOS2. The molecule has 0 radical (unpaired) electrons. The maximum Gasteiger partial charge on any atom is 0.234 e. The Morgan fingerprint density at radius 2 is 1.56 bits per heavy atom. The van der Waals surface area contributed by atoms with Gasteiger partial charge in [-0.25, -0.2) is 0 Å². The van der Waals surface area contributed by atoms with Crippen LogP contribution >= 0.6 is 23.5 Å². The van der Waals surface area contributed by atoms with Crippen LogP contribution in [0.2, 0.25) is 0 Å². The maximum atomic E-state index is 12.1. The van der Waals surface area contributed by atoms with Crippen molar-refractivity contribution in [2.45, 2.75) is 23.3 Å². The fraction of sp³-hybridized carbons (Fsp3) is 0.174.